The number of carbonyl (C=O) groups is 2. The summed E-state index contributed by atoms with van der Waals surface area (Å²) in [6.45, 7) is 0. The molecule has 9 heteroatoms. The van der Waals surface area contributed by atoms with Gasteiger partial charge in [-0.1, -0.05) is 47.2 Å². The molecular weight excluding hydrogens is 453 g/mol. The average Bonchev–Trinajstić information content (AvgIpc) is 3.34. The highest BCUT2D eigenvalue weighted by molar-refractivity contribution is 7.22. The smallest absolute Gasteiger partial charge is 0.301 e. The summed E-state index contributed by atoms with van der Waals surface area (Å²) in [4.78, 5) is 35.7. The number of pyridine rings is 1. The van der Waals surface area contributed by atoms with Crippen LogP contribution in [0.3, 0.4) is 0 Å². The summed E-state index contributed by atoms with van der Waals surface area (Å²) in [5.74, 6) is -2.92. The van der Waals surface area contributed by atoms with Crippen molar-refractivity contribution in [2.45, 2.75) is 6.04 Å². The van der Waals surface area contributed by atoms with Crippen molar-refractivity contribution in [1.29, 1.82) is 0 Å². The first-order chi connectivity index (χ1) is 15.5. The number of hydrogen-bond acceptors (Lipinski definition) is 6. The summed E-state index contributed by atoms with van der Waals surface area (Å²) in [5, 5.41) is 11.5. The maximum absolute atomic E-state index is 14.9. The fraction of sp³-hybridized carbons (Fsp3) is 0.0435. The lowest BCUT2D eigenvalue weighted by Gasteiger charge is -2.23. The summed E-state index contributed by atoms with van der Waals surface area (Å²) in [5.41, 5.74) is 0.524. The maximum atomic E-state index is 14.9. The van der Waals surface area contributed by atoms with Crippen LogP contribution in [0, 0.1) is 5.82 Å². The molecule has 2 aromatic heterocycles. The molecule has 1 fully saturated rings. The number of benzene rings is 2. The molecule has 1 saturated heterocycles. The lowest BCUT2D eigenvalue weighted by molar-refractivity contribution is -0.132. The second-order valence-electron chi connectivity index (χ2n) is 7.02. The number of nitrogens with zero attached hydrogens (tertiary/aromatic N) is 3. The molecule has 4 aromatic rings. The van der Waals surface area contributed by atoms with Crippen LogP contribution in [-0.2, 0) is 9.59 Å². The number of aliphatic hydroxyl groups excluding tert-OH is 1. The fourth-order valence-corrected chi connectivity index (χ4v) is 4.98. The van der Waals surface area contributed by atoms with Crippen LogP contribution >= 0.6 is 22.9 Å². The molecule has 158 valence electrons. The van der Waals surface area contributed by atoms with Crippen molar-refractivity contribution in [1.82, 2.24) is 9.97 Å². The number of carbonyl (C=O) groups excluding carboxylic acids is 2. The predicted molar refractivity (Wildman–Crippen MR) is 120 cm³/mol. The molecule has 1 N–H and O–H groups in total. The van der Waals surface area contributed by atoms with E-state index in [0.717, 1.165) is 16.2 Å². The van der Waals surface area contributed by atoms with Crippen LogP contribution in [0.4, 0.5) is 9.52 Å². The van der Waals surface area contributed by atoms with Gasteiger partial charge in [0.05, 0.1) is 15.3 Å². The number of fused-ring (bicyclic) bond motifs is 1. The molecule has 1 unspecified atom stereocenters. The topological polar surface area (TPSA) is 83.4 Å². The Hall–Kier alpha value is -3.62. The Morgan fingerprint density at radius 3 is 2.62 bits per heavy atom. The van der Waals surface area contributed by atoms with Crippen LogP contribution in [-0.4, -0.2) is 26.8 Å². The zero-order chi connectivity index (χ0) is 22.4. The summed E-state index contributed by atoms with van der Waals surface area (Å²) in [6.07, 6.45) is 2.87. The van der Waals surface area contributed by atoms with Gasteiger partial charge in [-0.05, 0) is 30.3 Å². The minimum atomic E-state index is -1.21. The lowest BCUT2D eigenvalue weighted by Crippen LogP contribution is -2.29. The third-order valence-electron chi connectivity index (χ3n) is 5.14. The molecule has 0 radical (unpaired) electrons. The van der Waals surface area contributed by atoms with Gasteiger partial charge in [0.1, 0.15) is 23.1 Å². The number of amides is 1. The lowest BCUT2D eigenvalue weighted by atomic mass is 9.95. The van der Waals surface area contributed by atoms with Gasteiger partial charge >= 0.3 is 5.91 Å². The van der Waals surface area contributed by atoms with Crippen LogP contribution in [0.1, 0.15) is 17.2 Å². The number of aliphatic hydroxyl groups is 1. The number of halogens is 2. The Labute approximate surface area is 190 Å². The van der Waals surface area contributed by atoms with Crippen molar-refractivity contribution >= 4 is 55.7 Å². The van der Waals surface area contributed by atoms with Gasteiger partial charge in [-0.15, -0.1) is 0 Å². The highest BCUT2D eigenvalue weighted by Crippen LogP contribution is 2.45. The van der Waals surface area contributed by atoms with Crippen LogP contribution in [0.15, 0.2) is 72.6 Å². The van der Waals surface area contributed by atoms with Crippen molar-refractivity contribution in [2.24, 2.45) is 0 Å². The summed E-state index contributed by atoms with van der Waals surface area (Å²) in [6, 6.07) is 12.9. The molecule has 1 atom stereocenters. The van der Waals surface area contributed by atoms with Gasteiger partial charge in [-0.3, -0.25) is 19.5 Å². The predicted octanol–water partition coefficient (Wildman–Crippen LogP) is 5.11. The van der Waals surface area contributed by atoms with Gasteiger partial charge < -0.3 is 5.11 Å². The van der Waals surface area contributed by atoms with Crippen molar-refractivity contribution < 1.29 is 19.1 Å². The van der Waals surface area contributed by atoms with Gasteiger partial charge in [0.2, 0.25) is 0 Å². The Balaban J connectivity index is 1.77. The van der Waals surface area contributed by atoms with Crippen LogP contribution in [0.2, 0.25) is 5.02 Å². The molecule has 3 heterocycles. The molecular formula is C23H13ClFN3O3S. The third kappa shape index (κ3) is 3.16. The molecule has 0 saturated carbocycles. The second kappa shape index (κ2) is 7.81. The quantitative estimate of drug-likeness (QED) is 0.258. The first kappa shape index (κ1) is 20.3. The minimum absolute atomic E-state index is 0.0579. The van der Waals surface area contributed by atoms with Crippen LogP contribution in [0.25, 0.3) is 16.0 Å². The third-order valence-corrected chi connectivity index (χ3v) is 6.47. The van der Waals surface area contributed by atoms with Crippen LogP contribution < -0.4 is 4.90 Å². The van der Waals surface area contributed by atoms with E-state index in [0.29, 0.717) is 15.2 Å². The maximum Gasteiger partial charge on any atom is 0.301 e. The highest BCUT2D eigenvalue weighted by Gasteiger charge is 2.49. The van der Waals surface area contributed by atoms with E-state index >= 15 is 0 Å². The van der Waals surface area contributed by atoms with Gasteiger partial charge in [0.25, 0.3) is 5.78 Å². The number of para-hydroxylation sites is 1. The van der Waals surface area contributed by atoms with E-state index in [4.69, 9.17) is 11.6 Å². The number of aromatic nitrogens is 2. The molecule has 0 spiro atoms. The Morgan fingerprint density at radius 1 is 1.09 bits per heavy atom. The summed E-state index contributed by atoms with van der Waals surface area (Å²) in [7, 11) is 0. The van der Waals surface area contributed by atoms with E-state index in [1.807, 2.05) is 0 Å². The SMILES string of the molecule is O=C1C(=O)N(c2nc3c(Cl)cccc3s2)C(c2ccccc2F)/C1=C(\O)c1cccnc1. The molecule has 1 amide bonds. The fourth-order valence-electron chi connectivity index (χ4n) is 3.69. The van der Waals surface area contributed by atoms with Crippen molar-refractivity contribution in [3.8, 4) is 0 Å². The van der Waals surface area contributed by atoms with Crippen molar-refractivity contribution in [3.63, 3.8) is 0 Å². The Kier molecular flexibility index (Phi) is 4.96. The van der Waals surface area contributed by atoms with Gasteiger partial charge in [0.15, 0.2) is 5.13 Å². The van der Waals surface area contributed by atoms with Gasteiger partial charge in [-0.2, -0.15) is 0 Å². The second-order valence-corrected chi connectivity index (χ2v) is 8.43. The standard InChI is InChI=1S/C23H13ClFN3O3S/c24-14-7-3-9-16-18(14)27-23(32-16)28-19(13-6-1-2-8-15(13)25)17(21(30)22(28)31)20(29)12-5-4-10-26-11-12/h1-11,19,29H/b20-17+. The normalized spacial score (nSPS) is 17.9. The van der Waals surface area contributed by atoms with Crippen molar-refractivity contribution in [3.05, 3.63) is 94.5 Å². The van der Waals surface area contributed by atoms with E-state index in [9.17, 15) is 19.1 Å². The van der Waals surface area contributed by atoms with E-state index in [-0.39, 0.29) is 21.8 Å². The number of rotatable bonds is 3. The molecule has 0 bridgehead atoms. The molecule has 1 aliphatic heterocycles. The van der Waals surface area contributed by atoms with Crippen LogP contribution in [0.5, 0.6) is 0 Å². The molecule has 2 aromatic carbocycles. The summed E-state index contributed by atoms with van der Waals surface area (Å²) >= 11 is 7.38. The van der Waals surface area contributed by atoms with E-state index in [2.05, 4.69) is 9.97 Å². The number of hydrogen-bond donors (Lipinski definition) is 1. The Bertz CT molecular complexity index is 1420. The highest BCUT2D eigenvalue weighted by atomic mass is 35.5. The molecule has 1 aliphatic rings. The molecule has 32 heavy (non-hydrogen) atoms. The number of anilines is 1. The minimum Gasteiger partial charge on any atom is -0.507 e. The van der Waals surface area contributed by atoms with Gasteiger partial charge in [-0.25, -0.2) is 9.37 Å². The number of ketones is 1. The molecule has 6 nitrogen and oxygen atoms in total. The zero-order valence-corrected chi connectivity index (χ0v) is 17.8. The number of thiazole rings is 1. The van der Waals surface area contributed by atoms with E-state index < -0.39 is 29.3 Å². The molecule has 0 aliphatic carbocycles. The first-order valence-corrected chi connectivity index (χ1v) is 10.7. The Morgan fingerprint density at radius 2 is 1.91 bits per heavy atom. The largest absolute Gasteiger partial charge is 0.507 e. The van der Waals surface area contributed by atoms with E-state index in [1.54, 1.807) is 36.4 Å². The summed E-state index contributed by atoms with van der Waals surface area (Å²) < 4.78 is 15.6. The first-order valence-electron chi connectivity index (χ1n) is 9.48. The molecule has 5 rings (SSSR count). The number of Topliss-reactive ketones (excluding diaryl/α,β-unsaturated/α-hetero) is 1. The van der Waals surface area contributed by atoms with E-state index in [1.165, 1.54) is 30.6 Å². The zero-order valence-electron chi connectivity index (χ0n) is 16.2. The average molecular weight is 466 g/mol. The van der Waals surface area contributed by atoms with Gasteiger partial charge in [0, 0.05) is 23.5 Å². The van der Waals surface area contributed by atoms with Crippen molar-refractivity contribution in [2.75, 3.05) is 4.90 Å². The monoisotopic (exact) mass is 465 g/mol.